The minimum Gasteiger partial charge on any atom is -0.477 e. The van der Waals surface area contributed by atoms with Crippen LogP contribution in [0.3, 0.4) is 0 Å². The number of carboxylic acid groups (broad SMARTS) is 1. The second kappa shape index (κ2) is 14.7. The number of aliphatic carboxylic acids is 1. The monoisotopic (exact) mass is 773 g/mol. The molecule has 20 heteroatoms. The van der Waals surface area contributed by atoms with Gasteiger partial charge in [0.1, 0.15) is 40.1 Å². The SMILES string of the molecule is CO/N=C(\C(=O)N[C@@H]1C(=O)N2C(C(=O)O)=C(C[n+]3ccc4n3CCN4Cc3ccc(C(=O)NN4CCCCC4)cc3F)CS[C@H]12)c1nc(N)sc1Cl. The zero-order chi connectivity index (χ0) is 36.7. The first kappa shape index (κ1) is 35.7. The van der Waals surface area contributed by atoms with Crippen LogP contribution in [0.1, 0.15) is 40.9 Å². The van der Waals surface area contributed by atoms with Gasteiger partial charge in [-0.2, -0.15) is 0 Å². The molecule has 5 N–H and O–H groups in total. The number of thiazole rings is 1. The van der Waals surface area contributed by atoms with E-state index in [0.717, 1.165) is 49.5 Å². The molecule has 274 valence electrons. The molecule has 2 aromatic heterocycles. The van der Waals surface area contributed by atoms with Crippen molar-refractivity contribution in [3.05, 3.63) is 68.7 Å². The van der Waals surface area contributed by atoms with E-state index in [2.05, 4.69) is 20.9 Å². The van der Waals surface area contributed by atoms with Crippen molar-refractivity contribution >= 4 is 75.1 Å². The van der Waals surface area contributed by atoms with Crippen LogP contribution in [0.4, 0.5) is 15.3 Å². The minimum atomic E-state index is -1.26. The molecule has 52 heavy (non-hydrogen) atoms. The lowest BCUT2D eigenvalue weighted by atomic mass is 10.0. The van der Waals surface area contributed by atoms with E-state index in [1.54, 1.807) is 12.1 Å². The predicted molar refractivity (Wildman–Crippen MR) is 190 cm³/mol. The number of aromatic nitrogens is 3. The molecular weight excluding hydrogens is 739 g/mol. The first-order chi connectivity index (χ1) is 25.0. The summed E-state index contributed by atoms with van der Waals surface area (Å²) in [5.41, 5.74) is 9.40. The number of hydrogen-bond acceptors (Lipinski definition) is 12. The number of β-lactam (4-membered cyclic amide) rings is 1. The lowest BCUT2D eigenvalue weighted by Crippen LogP contribution is -2.71. The number of halogens is 2. The Morgan fingerprint density at radius 3 is 2.67 bits per heavy atom. The van der Waals surface area contributed by atoms with Gasteiger partial charge in [-0.25, -0.2) is 19.2 Å². The Morgan fingerprint density at radius 1 is 1.19 bits per heavy atom. The molecule has 0 unspecified atom stereocenters. The third-order valence-electron chi connectivity index (χ3n) is 9.28. The average molecular weight is 774 g/mol. The molecule has 2 saturated heterocycles. The first-order valence-electron chi connectivity index (χ1n) is 16.5. The van der Waals surface area contributed by atoms with Gasteiger partial charge in [0.2, 0.25) is 0 Å². The minimum absolute atomic E-state index is 0.00261. The van der Waals surface area contributed by atoms with Crippen LogP contribution in [-0.4, -0.2) is 98.0 Å². The van der Waals surface area contributed by atoms with Crippen LogP contribution in [0.25, 0.3) is 0 Å². The number of nitrogens with one attached hydrogen (secondary N) is 2. The highest BCUT2D eigenvalue weighted by atomic mass is 35.5. The normalized spacial score (nSPS) is 20.4. The number of piperidine rings is 1. The fourth-order valence-electron chi connectivity index (χ4n) is 6.78. The van der Waals surface area contributed by atoms with E-state index >= 15 is 4.39 Å². The van der Waals surface area contributed by atoms with Gasteiger partial charge in [-0.3, -0.25) is 24.7 Å². The van der Waals surface area contributed by atoms with Gasteiger partial charge < -0.3 is 25.9 Å². The molecule has 1 aromatic carbocycles. The predicted octanol–water partition coefficient (Wildman–Crippen LogP) is 1.55. The van der Waals surface area contributed by atoms with Crippen LogP contribution >= 0.6 is 34.7 Å². The number of rotatable bonds is 11. The maximum absolute atomic E-state index is 15.2. The highest BCUT2D eigenvalue weighted by Gasteiger charge is 2.55. The Labute approximate surface area is 309 Å². The van der Waals surface area contributed by atoms with E-state index in [0.29, 0.717) is 24.2 Å². The summed E-state index contributed by atoms with van der Waals surface area (Å²) >= 11 is 8.45. The fourth-order valence-corrected chi connectivity index (χ4v) is 9.05. The van der Waals surface area contributed by atoms with Gasteiger partial charge in [0.25, 0.3) is 17.7 Å². The summed E-state index contributed by atoms with van der Waals surface area (Å²) in [6.45, 7) is 3.19. The summed E-state index contributed by atoms with van der Waals surface area (Å²) in [4.78, 5) is 63.8. The topological polar surface area (TPSA) is 192 Å². The number of hydrazine groups is 1. The largest absolute Gasteiger partial charge is 0.477 e. The van der Waals surface area contributed by atoms with Crippen LogP contribution in [-0.2, 0) is 38.9 Å². The number of anilines is 2. The van der Waals surface area contributed by atoms with Crippen molar-refractivity contribution in [2.75, 3.05) is 43.1 Å². The molecule has 2 atom stereocenters. The molecule has 3 amide bonds. The van der Waals surface area contributed by atoms with Crippen LogP contribution in [0.5, 0.6) is 0 Å². The summed E-state index contributed by atoms with van der Waals surface area (Å²) in [6, 6.07) is 5.39. The Kier molecular flexibility index (Phi) is 10.1. The highest BCUT2D eigenvalue weighted by Crippen LogP contribution is 2.40. The smallest absolute Gasteiger partial charge is 0.352 e. The molecule has 16 nitrogen and oxygen atoms in total. The number of carbonyl (C=O) groups is 4. The lowest BCUT2D eigenvalue weighted by molar-refractivity contribution is -0.766. The van der Waals surface area contributed by atoms with E-state index in [1.165, 1.54) is 29.8 Å². The van der Waals surface area contributed by atoms with Gasteiger partial charge in [0.15, 0.2) is 29.4 Å². The summed E-state index contributed by atoms with van der Waals surface area (Å²) in [5, 5.41) is 17.9. The molecule has 6 heterocycles. The first-order valence-corrected chi connectivity index (χ1v) is 18.7. The Balaban J connectivity index is 1.02. The van der Waals surface area contributed by atoms with Gasteiger partial charge in [-0.05, 0) is 25.0 Å². The molecule has 0 aliphatic carbocycles. The summed E-state index contributed by atoms with van der Waals surface area (Å²) in [6.07, 6.45) is 4.98. The van der Waals surface area contributed by atoms with Crippen molar-refractivity contribution in [2.24, 2.45) is 5.16 Å². The number of oxime groups is 1. The Hall–Kier alpha value is -4.72. The molecule has 0 saturated carbocycles. The number of thioether (sulfide) groups is 1. The maximum Gasteiger partial charge on any atom is 0.352 e. The van der Waals surface area contributed by atoms with Gasteiger partial charge in [-0.15, -0.1) is 21.1 Å². The molecule has 0 spiro atoms. The third kappa shape index (κ3) is 6.80. The number of hydrogen-bond donors (Lipinski definition) is 4. The number of nitrogens with zero attached hydrogens (tertiary/aromatic N) is 7. The zero-order valence-electron chi connectivity index (χ0n) is 27.9. The number of carboxylic acids is 1. The van der Waals surface area contributed by atoms with Gasteiger partial charge in [0, 0.05) is 48.6 Å². The number of nitrogen functional groups attached to an aromatic ring is 1. The van der Waals surface area contributed by atoms with Crippen molar-refractivity contribution in [3.63, 3.8) is 0 Å². The molecule has 3 aromatic rings. The standard InChI is InChI=1S/C32H34ClFN10O6S2/c1-50-39-23(22-26(33)52-32(35)37-22)28(46)36-24-29(47)44-25(31(48)49)19(16-51-30(24)44)15-42-10-7-21-40(11-12-43(21)42)14-18-6-5-17(13-20(18)34)27(45)38-41-8-3-2-4-9-41/h5-7,10,13,24,30H,2-4,8-9,11-12,14-16H2,1H3,(H4-,35,36,37,38,45,46,48,49)/p+1/b39-23-/t24-,30-/m1/s1. The van der Waals surface area contributed by atoms with E-state index in [1.807, 2.05) is 31.5 Å². The molecule has 2 fully saturated rings. The molecule has 7 rings (SSSR count). The molecule has 0 radical (unpaired) electrons. The Bertz CT molecular complexity index is 2010. The van der Waals surface area contributed by atoms with Gasteiger partial charge in [-0.1, -0.05) is 40.6 Å². The van der Waals surface area contributed by atoms with Crippen molar-refractivity contribution in [1.82, 2.24) is 30.3 Å². The Morgan fingerprint density at radius 2 is 1.98 bits per heavy atom. The number of benzene rings is 1. The summed E-state index contributed by atoms with van der Waals surface area (Å²) in [5.74, 6) is -2.32. The summed E-state index contributed by atoms with van der Waals surface area (Å²) in [7, 11) is 1.24. The molecule has 4 aliphatic heterocycles. The van der Waals surface area contributed by atoms with E-state index in [9.17, 15) is 24.3 Å². The second-order valence-corrected chi connectivity index (χ2v) is 15.3. The third-order valence-corrected chi connectivity index (χ3v) is 11.7. The van der Waals surface area contributed by atoms with E-state index in [4.69, 9.17) is 22.2 Å². The maximum atomic E-state index is 15.2. The summed E-state index contributed by atoms with van der Waals surface area (Å²) < 4.78 is 19.2. The molecule has 4 aliphatic rings. The van der Waals surface area contributed by atoms with Crippen molar-refractivity contribution in [3.8, 4) is 0 Å². The average Bonchev–Trinajstić information content (AvgIpc) is 3.82. The number of fused-ring (bicyclic) bond motifs is 2. The number of nitrogens with two attached hydrogens (primary N) is 1. The van der Waals surface area contributed by atoms with Crippen molar-refractivity contribution < 1.29 is 38.2 Å². The molecule has 0 bridgehead atoms. The number of carbonyl (C=O) groups excluding carboxylic acids is 3. The molecular formula is C32H35ClFN10O6S2+. The quantitative estimate of drug-likeness (QED) is 0.0957. The van der Waals surface area contributed by atoms with Crippen LogP contribution in [0.2, 0.25) is 4.34 Å². The highest BCUT2D eigenvalue weighted by molar-refractivity contribution is 8.00. The fraction of sp³-hybridized carbons (Fsp3) is 0.406. The van der Waals surface area contributed by atoms with Crippen LogP contribution in [0.15, 0.2) is 46.9 Å². The van der Waals surface area contributed by atoms with Crippen LogP contribution in [0, 0.1) is 5.82 Å². The zero-order valence-corrected chi connectivity index (χ0v) is 30.3. The second-order valence-electron chi connectivity index (χ2n) is 12.5. The lowest BCUT2D eigenvalue weighted by Gasteiger charge is -2.49. The van der Waals surface area contributed by atoms with Crippen LogP contribution < -0.4 is 26.1 Å². The van der Waals surface area contributed by atoms with E-state index in [-0.39, 0.29) is 56.9 Å². The van der Waals surface area contributed by atoms with E-state index < -0.39 is 35.0 Å². The van der Waals surface area contributed by atoms with Gasteiger partial charge in [0.05, 0.1) is 12.6 Å². The van der Waals surface area contributed by atoms with Gasteiger partial charge >= 0.3 is 5.97 Å². The van der Waals surface area contributed by atoms with Crippen molar-refractivity contribution in [1.29, 1.82) is 0 Å². The van der Waals surface area contributed by atoms with Crippen molar-refractivity contribution in [2.45, 2.75) is 50.3 Å². The number of amides is 3.